The normalized spacial score (nSPS) is 16.8. The summed E-state index contributed by atoms with van der Waals surface area (Å²) in [5.41, 5.74) is -13.3. The van der Waals surface area contributed by atoms with Crippen molar-refractivity contribution in [2.24, 2.45) is 0 Å². The van der Waals surface area contributed by atoms with Gasteiger partial charge < -0.3 is 9.84 Å². The summed E-state index contributed by atoms with van der Waals surface area (Å²) in [5.74, 6) is -15.8. The molecule has 0 radical (unpaired) electrons. The minimum atomic E-state index is -7.70. The average Bonchev–Trinajstić information content (AvgIpc) is 2.41. The van der Waals surface area contributed by atoms with E-state index in [0.717, 1.165) is 0 Å². The van der Waals surface area contributed by atoms with Crippen LogP contribution >= 0.6 is 0 Å². The van der Waals surface area contributed by atoms with Crippen molar-refractivity contribution >= 4 is 5.97 Å². The second-order valence-corrected chi connectivity index (χ2v) is 5.35. The summed E-state index contributed by atoms with van der Waals surface area (Å²) < 4.78 is 147. The van der Waals surface area contributed by atoms with Gasteiger partial charge in [0.15, 0.2) is 0 Å². The zero-order valence-corrected chi connectivity index (χ0v) is 12.8. The highest BCUT2D eigenvalue weighted by molar-refractivity contribution is 5.87. The van der Waals surface area contributed by atoms with Gasteiger partial charge in [-0.3, -0.25) is 0 Å². The van der Waals surface area contributed by atoms with E-state index in [9.17, 15) is 58.2 Å². The van der Waals surface area contributed by atoms with Crippen LogP contribution in [0.3, 0.4) is 0 Å². The van der Waals surface area contributed by atoms with Gasteiger partial charge in [-0.25, -0.2) is 9.18 Å². The van der Waals surface area contributed by atoms with E-state index in [2.05, 4.69) is 11.3 Å². The molecule has 1 atom stereocenters. The van der Waals surface area contributed by atoms with Crippen LogP contribution in [0.1, 0.15) is 13.3 Å². The molecule has 3 nitrogen and oxygen atoms in total. The molecule has 26 heavy (non-hydrogen) atoms. The highest BCUT2D eigenvalue weighted by Crippen LogP contribution is 2.61. The van der Waals surface area contributed by atoms with Crippen LogP contribution in [-0.4, -0.2) is 53.7 Å². The molecule has 0 saturated carbocycles. The molecule has 14 heteroatoms. The van der Waals surface area contributed by atoms with E-state index in [0.29, 0.717) is 7.11 Å². The first-order valence-corrected chi connectivity index (χ1v) is 6.18. The van der Waals surface area contributed by atoms with Gasteiger partial charge in [0, 0.05) is 12.0 Å². The van der Waals surface area contributed by atoms with E-state index in [4.69, 9.17) is 0 Å². The standard InChI is InChI=1S/C12H11F11O3/c1-5(6(24)26-3)4-7(2,25)9(14,15)10(16,17)8(13,11(18,19)20)12(21,22)23/h25H,1,4H2,2-3H3. The molecule has 0 heterocycles. The van der Waals surface area contributed by atoms with Crippen molar-refractivity contribution in [2.75, 3.05) is 7.11 Å². The average molecular weight is 412 g/mol. The van der Waals surface area contributed by atoms with E-state index in [1.807, 2.05) is 0 Å². The van der Waals surface area contributed by atoms with Crippen molar-refractivity contribution in [1.29, 1.82) is 0 Å². The zero-order chi connectivity index (χ0) is 21.6. The summed E-state index contributed by atoms with van der Waals surface area (Å²) in [6, 6.07) is 0. The van der Waals surface area contributed by atoms with Crippen LogP contribution < -0.4 is 0 Å². The Labute approximate surface area is 138 Å². The molecule has 154 valence electrons. The third-order valence-electron chi connectivity index (χ3n) is 3.32. The van der Waals surface area contributed by atoms with Gasteiger partial charge in [0.1, 0.15) is 5.60 Å². The Kier molecular flexibility index (Phi) is 6.13. The van der Waals surface area contributed by atoms with Crippen LogP contribution in [0.5, 0.6) is 0 Å². The maximum atomic E-state index is 13.8. The van der Waals surface area contributed by atoms with E-state index in [1.165, 1.54) is 0 Å². The Hall–Kier alpha value is -1.60. The van der Waals surface area contributed by atoms with Crippen molar-refractivity contribution in [2.45, 2.75) is 48.8 Å². The number of alkyl halides is 11. The largest absolute Gasteiger partial charge is 0.466 e. The first kappa shape index (κ1) is 24.4. The lowest BCUT2D eigenvalue weighted by molar-refractivity contribution is -0.439. The molecule has 0 saturated heterocycles. The third-order valence-corrected chi connectivity index (χ3v) is 3.32. The highest BCUT2D eigenvalue weighted by Gasteiger charge is 2.91. The third kappa shape index (κ3) is 3.47. The molecule has 1 N–H and O–H groups in total. The van der Waals surface area contributed by atoms with Crippen LogP contribution in [0.4, 0.5) is 48.3 Å². The van der Waals surface area contributed by atoms with Gasteiger partial charge in [0.25, 0.3) is 0 Å². The van der Waals surface area contributed by atoms with E-state index < -0.39 is 53.4 Å². The van der Waals surface area contributed by atoms with Gasteiger partial charge in [-0.1, -0.05) is 6.58 Å². The fraction of sp³-hybridized carbons (Fsp3) is 0.750. The summed E-state index contributed by atoms with van der Waals surface area (Å²) in [6.45, 7) is 2.40. The van der Waals surface area contributed by atoms with Gasteiger partial charge in [0.05, 0.1) is 7.11 Å². The summed E-state index contributed by atoms with van der Waals surface area (Å²) in [7, 11) is 0.648. The Morgan fingerprint density at radius 3 is 1.50 bits per heavy atom. The molecule has 0 aromatic carbocycles. The number of aliphatic hydroxyl groups is 1. The summed E-state index contributed by atoms with van der Waals surface area (Å²) >= 11 is 0. The van der Waals surface area contributed by atoms with Crippen LogP contribution in [0.2, 0.25) is 0 Å². The molecule has 0 amide bonds. The van der Waals surface area contributed by atoms with Crippen molar-refractivity contribution in [3.05, 3.63) is 12.2 Å². The second kappa shape index (κ2) is 6.53. The monoisotopic (exact) mass is 412 g/mol. The molecular formula is C12H11F11O3. The zero-order valence-electron chi connectivity index (χ0n) is 12.8. The summed E-state index contributed by atoms with van der Waals surface area (Å²) in [4.78, 5) is 11.0. The Bertz CT molecular complexity index is 546. The minimum Gasteiger partial charge on any atom is -0.466 e. The summed E-state index contributed by atoms with van der Waals surface area (Å²) in [5, 5.41) is 9.39. The lowest BCUT2D eigenvalue weighted by atomic mass is 9.80. The lowest BCUT2D eigenvalue weighted by Gasteiger charge is -2.44. The van der Waals surface area contributed by atoms with Crippen molar-refractivity contribution in [1.82, 2.24) is 0 Å². The molecule has 0 bridgehead atoms. The molecule has 0 spiro atoms. The fourth-order valence-corrected chi connectivity index (χ4v) is 1.81. The number of carbonyl (C=O) groups excluding carboxylic acids is 1. The van der Waals surface area contributed by atoms with Gasteiger partial charge in [-0.15, -0.1) is 0 Å². The van der Waals surface area contributed by atoms with Crippen molar-refractivity contribution < 1.29 is 62.9 Å². The number of methoxy groups -OCH3 is 1. The Balaban J connectivity index is 6.38. The number of halogens is 11. The highest BCUT2D eigenvalue weighted by atomic mass is 19.4. The van der Waals surface area contributed by atoms with E-state index >= 15 is 0 Å². The number of esters is 1. The maximum Gasteiger partial charge on any atom is 0.438 e. The molecule has 0 aliphatic rings. The Morgan fingerprint density at radius 1 is 0.885 bits per heavy atom. The number of rotatable bonds is 6. The quantitative estimate of drug-likeness (QED) is 0.408. The van der Waals surface area contributed by atoms with E-state index in [-0.39, 0.29) is 6.92 Å². The molecule has 0 rings (SSSR count). The smallest absolute Gasteiger partial charge is 0.438 e. The summed E-state index contributed by atoms with van der Waals surface area (Å²) in [6.07, 6.45) is -17.0. The van der Waals surface area contributed by atoms with Crippen LogP contribution in [0, 0.1) is 0 Å². The SMILES string of the molecule is C=C(CC(C)(O)C(F)(F)C(F)(F)C(F)(C(F)(F)F)C(F)(F)F)C(=O)OC. The van der Waals surface area contributed by atoms with Gasteiger partial charge in [0.2, 0.25) is 0 Å². The number of carbonyl (C=O) groups is 1. The van der Waals surface area contributed by atoms with Crippen LogP contribution in [-0.2, 0) is 9.53 Å². The van der Waals surface area contributed by atoms with Crippen LogP contribution in [0.15, 0.2) is 12.2 Å². The first-order valence-electron chi connectivity index (χ1n) is 6.18. The van der Waals surface area contributed by atoms with Gasteiger partial charge >= 0.3 is 35.8 Å². The van der Waals surface area contributed by atoms with Gasteiger partial charge in [-0.05, 0) is 6.92 Å². The van der Waals surface area contributed by atoms with E-state index in [1.54, 1.807) is 0 Å². The minimum absolute atomic E-state index is 0.317. The molecule has 0 aliphatic carbocycles. The lowest BCUT2D eigenvalue weighted by Crippen LogP contribution is -2.74. The number of hydrogen-bond donors (Lipinski definition) is 1. The maximum absolute atomic E-state index is 13.8. The van der Waals surface area contributed by atoms with Crippen LogP contribution in [0.25, 0.3) is 0 Å². The first-order chi connectivity index (χ1) is 11.1. The molecule has 0 aromatic heterocycles. The predicted molar refractivity (Wildman–Crippen MR) is 62.2 cm³/mol. The fourth-order valence-electron chi connectivity index (χ4n) is 1.81. The second-order valence-electron chi connectivity index (χ2n) is 5.35. The number of ether oxygens (including phenoxy) is 1. The Morgan fingerprint density at radius 2 is 1.23 bits per heavy atom. The van der Waals surface area contributed by atoms with Crippen molar-refractivity contribution in [3.63, 3.8) is 0 Å². The molecular weight excluding hydrogens is 401 g/mol. The molecule has 0 fully saturated rings. The topological polar surface area (TPSA) is 46.5 Å². The molecule has 0 aromatic rings. The predicted octanol–water partition coefficient (Wildman–Crippen LogP) is 3.96. The molecule has 0 aliphatic heterocycles. The molecule has 1 unspecified atom stereocenters. The van der Waals surface area contributed by atoms with Crippen molar-refractivity contribution in [3.8, 4) is 0 Å². The number of hydrogen-bond acceptors (Lipinski definition) is 3. The van der Waals surface area contributed by atoms with Gasteiger partial charge in [-0.2, -0.15) is 43.9 Å².